The van der Waals surface area contributed by atoms with Gasteiger partial charge in [-0.2, -0.15) is 0 Å². The van der Waals surface area contributed by atoms with Crippen LogP contribution in [0.25, 0.3) is 11.8 Å². The van der Waals surface area contributed by atoms with Crippen LogP contribution in [-0.4, -0.2) is 58.9 Å². The van der Waals surface area contributed by atoms with E-state index in [2.05, 4.69) is 10.1 Å². The molecule has 3 aromatic rings. The maximum absolute atomic E-state index is 13.5. The standard InChI is InChI=1S/C25H25FN4O4/c1-17-13-29(16-27-17)21-8-3-18(11-22(21)32-2)12-23-24-28-34-15-25(14-31,30(24)9-10-33-23)19-4-6-20(26)7-5-19/h3-8,11-13,16,31H,9-10,14-15H2,1-2H3/b23-12-. The highest BCUT2D eigenvalue weighted by Crippen LogP contribution is 2.36. The average Bonchev–Trinajstić information content (AvgIpc) is 3.30. The number of halogens is 1. The number of aliphatic hydroxyl groups is 1. The van der Waals surface area contributed by atoms with Crippen LogP contribution in [0.1, 0.15) is 16.8 Å². The van der Waals surface area contributed by atoms with Crippen molar-refractivity contribution in [3.05, 3.63) is 83.4 Å². The lowest BCUT2D eigenvalue weighted by molar-refractivity contribution is -0.0516. The van der Waals surface area contributed by atoms with Crippen LogP contribution in [-0.2, 0) is 15.1 Å². The largest absolute Gasteiger partial charge is 0.495 e. The summed E-state index contributed by atoms with van der Waals surface area (Å²) < 4.78 is 27.0. The van der Waals surface area contributed by atoms with E-state index in [1.807, 2.05) is 46.9 Å². The molecule has 3 heterocycles. The summed E-state index contributed by atoms with van der Waals surface area (Å²) in [5.74, 6) is 1.33. The van der Waals surface area contributed by atoms with Gasteiger partial charge in [0.1, 0.15) is 30.3 Å². The first-order chi connectivity index (χ1) is 16.5. The van der Waals surface area contributed by atoms with Crippen LogP contribution in [0.15, 0.2) is 65.9 Å². The lowest BCUT2D eigenvalue weighted by atomic mass is 9.88. The van der Waals surface area contributed by atoms with Crippen molar-refractivity contribution in [2.75, 3.05) is 33.5 Å². The summed E-state index contributed by atoms with van der Waals surface area (Å²) in [6.45, 7) is 2.74. The second-order valence-corrected chi connectivity index (χ2v) is 8.25. The third-order valence-electron chi connectivity index (χ3n) is 6.15. The number of imidazole rings is 1. The maximum atomic E-state index is 13.5. The van der Waals surface area contributed by atoms with Gasteiger partial charge in [0.05, 0.1) is 38.0 Å². The minimum absolute atomic E-state index is 0.138. The van der Waals surface area contributed by atoms with Gasteiger partial charge >= 0.3 is 0 Å². The molecule has 5 rings (SSSR count). The highest BCUT2D eigenvalue weighted by molar-refractivity contribution is 6.01. The number of hydrogen-bond acceptors (Lipinski definition) is 7. The number of benzene rings is 2. The Kier molecular flexibility index (Phi) is 5.70. The molecule has 1 aromatic heterocycles. The van der Waals surface area contributed by atoms with Crippen LogP contribution in [0.5, 0.6) is 5.75 Å². The van der Waals surface area contributed by atoms with E-state index in [0.29, 0.717) is 30.5 Å². The number of amidine groups is 1. The maximum Gasteiger partial charge on any atom is 0.211 e. The first kappa shape index (κ1) is 22.0. The number of fused-ring (bicyclic) bond motifs is 1. The molecule has 1 unspecified atom stereocenters. The molecule has 2 aromatic carbocycles. The van der Waals surface area contributed by atoms with Crippen LogP contribution in [0.4, 0.5) is 4.39 Å². The second-order valence-electron chi connectivity index (χ2n) is 8.25. The Morgan fingerprint density at radius 3 is 2.76 bits per heavy atom. The number of hydrogen-bond donors (Lipinski definition) is 1. The van der Waals surface area contributed by atoms with Gasteiger partial charge in [-0.05, 0) is 48.4 Å². The molecule has 0 spiro atoms. The van der Waals surface area contributed by atoms with Crippen LogP contribution in [0.3, 0.4) is 0 Å². The molecule has 176 valence electrons. The van der Waals surface area contributed by atoms with Gasteiger partial charge in [0.25, 0.3) is 0 Å². The van der Waals surface area contributed by atoms with Crippen LogP contribution in [0, 0.1) is 12.7 Å². The molecule has 0 aliphatic carbocycles. The molecule has 34 heavy (non-hydrogen) atoms. The highest BCUT2D eigenvalue weighted by atomic mass is 19.1. The van der Waals surface area contributed by atoms with Gasteiger partial charge < -0.3 is 28.9 Å². The Bertz CT molecular complexity index is 1250. The zero-order valence-electron chi connectivity index (χ0n) is 18.9. The molecule has 1 fully saturated rings. The lowest BCUT2D eigenvalue weighted by Crippen LogP contribution is -2.60. The van der Waals surface area contributed by atoms with E-state index in [4.69, 9.17) is 14.3 Å². The molecule has 0 radical (unpaired) electrons. The van der Waals surface area contributed by atoms with E-state index in [1.54, 1.807) is 25.6 Å². The molecule has 0 saturated carbocycles. The SMILES string of the molecule is COc1cc(/C=C2\OCCN3C2=NOCC3(CO)c2ccc(F)cc2)ccc1-n1cnc(C)c1. The smallest absolute Gasteiger partial charge is 0.211 e. The molecule has 2 aliphatic heterocycles. The Balaban J connectivity index is 1.50. The van der Waals surface area contributed by atoms with E-state index in [-0.39, 0.29) is 19.0 Å². The zero-order chi connectivity index (χ0) is 23.7. The van der Waals surface area contributed by atoms with Crippen LogP contribution < -0.4 is 4.74 Å². The second kappa shape index (κ2) is 8.83. The number of morpholine rings is 1. The minimum atomic E-state index is -0.894. The summed E-state index contributed by atoms with van der Waals surface area (Å²) in [6, 6.07) is 11.9. The van der Waals surface area contributed by atoms with Crippen molar-refractivity contribution in [3.63, 3.8) is 0 Å². The van der Waals surface area contributed by atoms with Crippen LogP contribution in [0.2, 0.25) is 0 Å². The molecule has 1 N–H and O–H groups in total. The molecule has 8 nitrogen and oxygen atoms in total. The first-order valence-corrected chi connectivity index (χ1v) is 10.9. The average molecular weight is 464 g/mol. The third-order valence-corrected chi connectivity index (χ3v) is 6.15. The van der Waals surface area contributed by atoms with E-state index in [0.717, 1.165) is 22.5 Å². The summed E-state index contributed by atoms with van der Waals surface area (Å²) in [7, 11) is 1.62. The van der Waals surface area contributed by atoms with E-state index < -0.39 is 5.54 Å². The van der Waals surface area contributed by atoms with Gasteiger partial charge in [-0.1, -0.05) is 23.4 Å². The van der Waals surface area contributed by atoms with E-state index >= 15 is 0 Å². The summed E-state index contributed by atoms with van der Waals surface area (Å²) in [5, 5.41) is 14.7. The van der Waals surface area contributed by atoms with Gasteiger partial charge in [-0.3, -0.25) is 0 Å². The number of aromatic nitrogens is 2. The number of oxime groups is 1. The fourth-order valence-electron chi connectivity index (χ4n) is 4.37. The number of aliphatic hydroxyl groups excluding tert-OH is 1. The van der Waals surface area contributed by atoms with Gasteiger partial charge in [-0.15, -0.1) is 0 Å². The Hall–Kier alpha value is -3.85. The Labute approximate surface area is 196 Å². The summed E-state index contributed by atoms with van der Waals surface area (Å²) in [4.78, 5) is 11.8. The number of nitrogens with zero attached hydrogens (tertiary/aromatic N) is 4. The monoisotopic (exact) mass is 464 g/mol. The molecule has 1 saturated heterocycles. The van der Waals surface area contributed by atoms with Crippen LogP contribution >= 0.6 is 0 Å². The molecule has 1 atom stereocenters. The van der Waals surface area contributed by atoms with Crippen molar-refractivity contribution in [2.24, 2.45) is 5.16 Å². The number of methoxy groups -OCH3 is 1. The third kappa shape index (κ3) is 3.77. The van der Waals surface area contributed by atoms with Crippen molar-refractivity contribution in [1.82, 2.24) is 14.5 Å². The molecule has 9 heteroatoms. The molecule has 0 bridgehead atoms. The normalized spacial score (nSPS) is 20.9. The van der Waals surface area contributed by atoms with Crippen molar-refractivity contribution in [1.29, 1.82) is 0 Å². The molecular formula is C25H25FN4O4. The predicted molar refractivity (Wildman–Crippen MR) is 124 cm³/mol. The quantitative estimate of drug-likeness (QED) is 0.625. The van der Waals surface area contributed by atoms with Gasteiger partial charge in [0.15, 0.2) is 5.76 Å². The van der Waals surface area contributed by atoms with Gasteiger partial charge in [0, 0.05) is 6.20 Å². The molecular weight excluding hydrogens is 439 g/mol. The van der Waals surface area contributed by atoms with Gasteiger partial charge in [-0.25, -0.2) is 9.37 Å². The number of aryl methyl sites for hydroxylation is 1. The first-order valence-electron chi connectivity index (χ1n) is 10.9. The summed E-state index contributed by atoms with van der Waals surface area (Å²) >= 11 is 0. The van der Waals surface area contributed by atoms with Crippen molar-refractivity contribution in [3.8, 4) is 11.4 Å². The van der Waals surface area contributed by atoms with Crippen molar-refractivity contribution >= 4 is 11.9 Å². The van der Waals surface area contributed by atoms with E-state index in [1.165, 1.54) is 12.1 Å². The fraction of sp³-hybridized carbons (Fsp3) is 0.280. The predicted octanol–water partition coefficient (Wildman–Crippen LogP) is 3.23. The fourth-order valence-corrected chi connectivity index (χ4v) is 4.37. The topological polar surface area (TPSA) is 81.3 Å². The Morgan fingerprint density at radius 2 is 2.06 bits per heavy atom. The van der Waals surface area contributed by atoms with Gasteiger partial charge in [0.2, 0.25) is 5.84 Å². The zero-order valence-corrected chi connectivity index (χ0v) is 18.9. The molecule has 2 aliphatic rings. The van der Waals surface area contributed by atoms with Crippen molar-refractivity contribution < 1.29 is 23.8 Å². The number of ether oxygens (including phenoxy) is 2. The highest BCUT2D eigenvalue weighted by Gasteiger charge is 2.46. The Morgan fingerprint density at radius 1 is 1.24 bits per heavy atom. The minimum Gasteiger partial charge on any atom is -0.495 e. The van der Waals surface area contributed by atoms with Crippen molar-refractivity contribution in [2.45, 2.75) is 12.5 Å². The van der Waals surface area contributed by atoms with E-state index in [9.17, 15) is 9.50 Å². The number of rotatable bonds is 5. The molecule has 0 amide bonds. The summed E-state index contributed by atoms with van der Waals surface area (Å²) in [5.41, 5.74) is 2.47. The summed E-state index contributed by atoms with van der Waals surface area (Å²) in [6.07, 6.45) is 5.53. The lowest BCUT2D eigenvalue weighted by Gasteiger charge is -2.48.